The zero-order chi connectivity index (χ0) is 40.4. The first-order valence-corrected chi connectivity index (χ1v) is 19.3. The second-order valence-corrected chi connectivity index (χ2v) is 15.2. The number of H-pyrrole nitrogens is 2. The number of anilines is 2. The number of nitrogens with one attached hydrogen (secondary N) is 5. The van der Waals surface area contributed by atoms with Crippen molar-refractivity contribution in [3.63, 3.8) is 0 Å². The molecule has 304 valence electrons. The zero-order valence-corrected chi connectivity index (χ0v) is 32.9. The third-order valence-electron chi connectivity index (χ3n) is 10.8. The number of carbonyl (C=O) groups is 4. The molecule has 57 heavy (non-hydrogen) atoms. The highest BCUT2D eigenvalue weighted by Crippen LogP contribution is 2.52. The number of nitrogens with zero attached hydrogens (tertiary/aromatic N) is 5. The molecule has 5 N–H and O–H groups in total. The number of imidazole rings is 2. The summed E-state index contributed by atoms with van der Waals surface area (Å²) in [6.07, 6.45) is 6.07. The van der Waals surface area contributed by atoms with Gasteiger partial charge in [0.25, 0.3) is 0 Å². The summed E-state index contributed by atoms with van der Waals surface area (Å²) in [5, 5.41) is 8.59. The van der Waals surface area contributed by atoms with Crippen LogP contribution < -0.4 is 16.0 Å². The summed E-state index contributed by atoms with van der Waals surface area (Å²) in [6, 6.07) is 6.07. The van der Waals surface area contributed by atoms with Crippen LogP contribution in [0.1, 0.15) is 101 Å². The predicted octanol–water partition coefficient (Wildman–Crippen LogP) is 5.43. The molecule has 3 saturated heterocycles. The van der Waals surface area contributed by atoms with Gasteiger partial charge in [-0.3, -0.25) is 9.59 Å². The molecule has 3 aromatic heterocycles. The molecule has 3 aliphatic heterocycles. The molecule has 3 fully saturated rings. The average molecular weight is 787 g/mol. The molecule has 18 heteroatoms. The average Bonchev–Trinajstić information content (AvgIpc) is 3.89. The van der Waals surface area contributed by atoms with E-state index in [9.17, 15) is 19.2 Å². The summed E-state index contributed by atoms with van der Waals surface area (Å²) >= 11 is 0. The van der Waals surface area contributed by atoms with E-state index in [-0.39, 0.29) is 47.9 Å². The van der Waals surface area contributed by atoms with Gasteiger partial charge < -0.3 is 54.3 Å². The van der Waals surface area contributed by atoms with Crippen LogP contribution in [0.4, 0.5) is 21.3 Å². The van der Waals surface area contributed by atoms with Crippen LogP contribution in [0.15, 0.2) is 47.5 Å². The fourth-order valence-corrected chi connectivity index (χ4v) is 7.71. The Morgan fingerprint density at radius 1 is 0.772 bits per heavy atom. The third kappa shape index (κ3) is 8.31. The quantitative estimate of drug-likeness (QED) is 0.107. The lowest BCUT2D eigenvalue weighted by atomic mass is 10.0. The Balaban J connectivity index is 0.971. The molecular weight excluding hydrogens is 736 g/mol. The molecule has 7 rings (SSSR count). The number of hydrogen-bond donors (Lipinski definition) is 5. The molecule has 6 heterocycles. The Bertz CT molecular complexity index is 2060. The van der Waals surface area contributed by atoms with Crippen molar-refractivity contribution in [2.75, 3.05) is 32.6 Å². The fourth-order valence-electron chi connectivity index (χ4n) is 7.71. The summed E-state index contributed by atoms with van der Waals surface area (Å²) in [6.45, 7) is 8.66. The van der Waals surface area contributed by atoms with Gasteiger partial charge in [0.05, 0.1) is 44.4 Å². The van der Waals surface area contributed by atoms with E-state index in [2.05, 4.69) is 40.9 Å². The van der Waals surface area contributed by atoms with Gasteiger partial charge in [-0.15, -0.1) is 0 Å². The third-order valence-corrected chi connectivity index (χ3v) is 10.8. The first kappa shape index (κ1) is 39.3. The lowest BCUT2D eigenvalue weighted by Crippen LogP contribution is -2.51. The number of aromatic nitrogens is 5. The number of amides is 4. The highest BCUT2D eigenvalue weighted by Gasteiger charge is 2.45. The highest BCUT2D eigenvalue weighted by molar-refractivity contribution is 5.87. The van der Waals surface area contributed by atoms with E-state index in [1.807, 2.05) is 52.0 Å². The van der Waals surface area contributed by atoms with Gasteiger partial charge in [-0.25, -0.2) is 24.5 Å². The van der Waals surface area contributed by atoms with Gasteiger partial charge in [-0.05, 0) is 48.6 Å². The zero-order valence-electron chi connectivity index (χ0n) is 32.9. The summed E-state index contributed by atoms with van der Waals surface area (Å²) < 4.78 is 21.3. The molecule has 0 spiro atoms. The molecule has 6 unspecified atom stereocenters. The lowest BCUT2D eigenvalue weighted by Gasteiger charge is -2.30. The maximum atomic E-state index is 13.5. The van der Waals surface area contributed by atoms with Gasteiger partial charge in [-0.2, -0.15) is 0 Å². The Kier molecular flexibility index (Phi) is 11.5. The van der Waals surface area contributed by atoms with E-state index in [0.29, 0.717) is 42.1 Å². The van der Waals surface area contributed by atoms with Crippen LogP contribution in [0, 0.1) is 11.8 Å². The van der Waals surface area contributed by atoms with Gasteiger partial charge in [0.15, 0.2) is 6.39 Å². The normalized spacial score (nSPS) is 21.4. The highest BCUT2D eigenvalue weighted by atomic mass is 16.6. The van der Waals surface area contributed by atoms with E-state index < -0.39 is 24.3 Å². The van der Waals surface area contributed by atoms with E-state index >= 15 is 0 Å². The first-order chi connectivity index (χ1) is 27.5. The smallest absolute Gasteiger partial charge is 0.407 e. The van der Waals surface area contributed by atoms with E-state index in [4.69, 9.17) is 18.6 Å². The molecule has 0 saturated carbocycles. The van der Waals surface area contributed by atoms with Crippen molar-refractivity contribution in [3.8, 4) is 11.3 Å². The molecule has 0 bridgehead atoms. The molecule has 18 nitrogen and oxygen atoms in total. The Hall–Kier alpha value is -5.91. The Morgan fingerprint density at radius 3 is 1.89 bits per heavy atom. The van der Waals surface area contributed by atoms with Crippen molar-refractivity contribution in [2.45, 2.75) is 89.8 Å². The number of likely N-dealkylation sites (tertiary alicyclic amines) is 2. The Labute approximate surface area is 329 Å². The number of benzene rings is 1. The monoisotopic (exact) mass is 786 g/mol. The minimum absolute atomic E-state index is 0.119. The molecule has 0 radical (unpaired) electrons. The number of oxazole rings is 1. The summed E-state index contributed by atoms with van der Waals surface area (Å²) in [7, 11) is 2.55. The van der Waals surface area contributed by atoms with Crippen molar-refractivity contribution >= 4 is 35.7 Å². The molecule has 1 aromatic carbocycles. The molecular formula is C39H50N10O8. The standard InChI is InChI=1S/C39H50N10O8/c1-20(2)28(46-38(52)54-5)36(50)48-15-7-9-25(48)33-40-17-24(43-33)22-11-13-23(14-12-22)31-32(57-31)30-35(56-19-42-30)45-27-18-41-34(44-27)26-10-8-16-49(26)37(51)29(21(3)4)47-39(53)55-6/h11-14,17-21,25-26,28-29,31-32,45H,7-10,15-16H2,1-6H3,(H,40,43)(H,41,44)(H,46,52)(H,47,53). The summed E-state index contributed by atoms with van der Waals surface area (Å²) in [4.78, 5) is 74.9. The molecule has 4 aromatic rings. The van der Waals surface area contributed by atoms with Gasteiger partial charge in [0.1, 0.15) is 47.5 Å². The first-order valence-electron chi connectivity index (χ1n) is 19.3. The number of rotatable bonds is 13. The van der Waals surface area contributed by atoms with Gasteiger partial charge >= 0.3 is 12.2 Å². The van der Waals surface area contributed by atoms with Crippen molar-refractivity contribution in [2.24, 2.45) is 11.8 Å². The number of carbonyl (C=O) groups excluding carboxylic acids is 4. The maximum absolute atomic E-state index is 13.5. The van der Waals surface area contributed by atoms with E-state index in [0.717, 1.165) is 42.5 Å². The van der Waals surface area contributed by atoms with Crippen LogP contribution >= 0.6 is 0 Å². The van der Waals surface area contributed by atoms with Crippen LogP contribution in [0.3, 0.4) is 0 Å². The van der Waals surface area contributed by atoms with Crippen molar-refractivity contribution in [3.05, 3.63) is 66.0 Å². The topological polar surface area (TPSA) is 225 Å². The second kappa shape index (κ2) is 16.7. The summed E-state index contributed by atoms with van der Waals surface area (Å²) in [5.74, 6) is 1.71. The van der Waals surface area contributed by atoms with Crippen molar-refractivity contribution in [1.82, 2.24) is 45.4 Å². The van der Waals surface area contributed by atoms with Crippen LogP contribution in [0.2, 0.25) is 0 Å². The second-order valence-electron chi connectivity index (χ2n) is 15.2. The summed E-state index contributed by atoms with van der Waals surface area (Å²) in [5.41, 5.74) is 3.33. The van der Waals surface area contributed by atoms with Crippen LogP contribution in [0.25, 0.3) is 11.3 Å². The number of hydrogen-bond acceptors (Lipinski definition) is 12. The van der Waals surface area contributed by atoms with Gasteiger partial charge in [0.2, 0.25) is 17.7 Å². The SMILES string of the molecule is COC(=O)NC(C(=O)N1CCCC1c1ncc(Nc2ocnc2C2OC2c2ccc(-c3cnc(C4CCCN4C(=O)C(NC(=O)OC)C(C)C)[nH]3)cc2)[nH]1)C(C)C. The number of aromatic amines is 2. The van der Waals surface area contributed by atoms with Crippen LogP contribution in [0.5, 0.6) is 0 Å². The van der Waals surface area contributed by atoms with Gasteiger partial charge in [0, 0.05) is 13.1 Å². The van der Waals surface area contributed by atoms with E-state index in [1.54, 1.807) is 22.2 Å². The maximum Gasteiger partial charge on any atom is 0.407 e. The molecule has 0 aliphatic carbocycles. The van der Waals surface area contributed by atoms with E-state index in [1.165, 1.54) is 20.6 Å². The minimum atomic E-state index is -0.724. The minimum Gasteiger partial charge on any atom is -0.453 e. The largest absolute Gasteiger partial charge is 0.453 e. The lowest BCUT2D eigenvalue weighted by molar-refractivity contribution is -0.136. The van der Waals surface area contributed by atoms with Crippen LogP contribution in [-0.2, 0) is 23.8 Å². The number of ether oxygens (including phenoxy) is 3. The molecule has 4 amide bonds. The number of alkyl carbamates (subject to hydrolysis) is 2. The van der Waals surface area contributed by atoms with Crippen molar-refractivity contribution in [1.29, 1.82) is 0 Å². The molecule has 3 aliphatic rings. The van der Waals surface area contributed by atoms with Gasteiger partial charge in [-0.1, -0.05) is 52.0 Å². The van der Waals surface area contributed by atoms with Crippen molar-refractivity contribution < 1.29 is 37.8 Å². The number of methoxy groups -OCH3 is 2. The fraction of sp³-hybridized carbons (Fsp3) is 0.513. The molecule has 6 atom stereocenters. The Morgan fingerprint density at radius 2 is 1.33 bits per heavy atom. The predicted molar refractivity (Wildman–Crippen MR) is 205 cm³/mol. The van der Waals surface area contributed by atoms with Crippen LogP contribution in [-0.4, -0.2) is 98.1 Å². The number of epoxide rings is 1.